The summed E-state index contributed by atoms with van der Waals surface area (Å²) in [5.74, 6) is 0.625. The number of amides is 1. The number of benzene rings is 3. The molecule has 1 amide bonds. The Morgan fingerprint density at radius 3 is 2.09 bits per heavy atom. The first-order valence-corrected chi connectivity index (χ1v) is 10.6. The standard InChI is InChI=1S/C25H23ClN2O6/c1-4-33-22-14-16(15-27-28-24(29)17-5-9-19(31-2)10-6-17)13-21(26)23(22)34-25(30)18-7-11-20(32-3)12-8-18/h5-15H,4H2,1-3H3,(H,28,29)/b27-15-. The van der Waals surface area contributed by atoms with Crippen LogP contribution in [0.3, 0.4) is 0 Å². The van der Waals surface area contributed by atoms with Crippen LogP contribution in [0.1, 0.15) is 33.2 Å². The summed E-state index contributed by atoms with van der Waals surface area (Å²) in [6.45, 7) is 2.11. The van der Waals surface area contributed by atoms with Crippen molar-refractivity contribution in [2.24, 2.45) is 5.10 Å². The van der Waals surface area contributed by atoms with Gasteiger partial charge >= 0.3 is 5.97 Å². The number of methoxy groups -OCH3 is 2. The lowest BCUT2D eigenvalue weighted by Crippen LogP contribution is -2.17. The van der Waals surface area contributed by atoms with E-state index in [0.29, 0.717) is 34.8 Å². The van der Waals surface area contributed by atoms with Crippen LogP contribution in [-0.2, 0) is 0 Å². The number of hydrazone groups is 1. The summed E-state index contributed by atoms with van der Waals surface area (Å²) < 4.78 is 21.3. The van der Waals surface area contributed by atoms with Crippen molar-refractivity contribution in [3.63, 3.8) is 0 Å². The van der Waals surface area contributed by atoms with Crippen molar-refractivity contribution in [3.8, 4) is 23.0 Å². The van der Waals surface area contributed by atoms with Crippen LogP contribution in [0.25, 0.3) is 0 Å². The van der Waals surface area contributed by atoms with Crippen molar-refractivity contribution in [2.75, 3.05) is 20.8 Å². The minimum atomic E-state index is -0.598. The maximum Gasteiger partial charge on any atom is 0.343 e. The molecule has 3 aromatic rings. The summed E-state index contributed by atoms with van der Waals surface area (Å²) in [7, 11) is 3.09. The van der Waals surface area contributed by atoms with E-state index in [9.17, 15) is 9.59 Å². The van der Waals surface area contributed by atoms with Crippen molar-refractivity contribution in [1.82, 2.24) is 5.43 Å². The summed E-state index contributed by atoms with van der Waals surface area (Å²) in [6, 6.07) is 16.2. The SMILES string of the molecule is CCOc1cc(/C=N\NC(=O)c2ccc(OC)cc2)cc(Cl)c1OC(=O)c1ccc(OC)cc1. The first-order chi connectivity index (χ1) is 16.4. The smallest absolute Gasteiger partial charge is 0.343 e. The van der Waals surface area contributed by atoms with E-state index < -0.39 is 5.97 Å². The van der Waals surface area contributed by atoms with Gasteiger partial charge in [-0.3, -0.25) is 4.79 Å². The number of rotatable bonds is 9. The van der Waals surface area contributed by atoms with Gasteiger partial charge in [0.15, 0.2) is 11.5 Å². The van der Waals surface area contributed by atoms with Crippen LogP contribution in [-0.4, -0.2) is 38.9 Å². The van der Waals surface area contributed by atoms with Gasteiger partial charge in [0.05, 0.1) is 37.6 Å². The van der Waals surface area contributed by atoms with Crippen molar-refractivity contribution in [1.29, 1.82) is 0 Å². The third-order valence-electron chi connectivity index (χ3n) is 4.58. The van der Waals surface area contributed by atoms with E-state index >= 15 is 0 Å². The average molecular weight is 483 g/mol. The van der Waals surface area contributed by atoms with E-state index in [1.807, 2.05) is 0 Å². The molecule has 0 saturated heterocycles. The normalized spacial score (nSPS) is 10.6. The molecule has 1 N–H and O–H groups in total. The predicted octanol–water partition coefficient (Wildman–Crippen LogP) is 4.74. The lowest BCUT2D eigenvalue weighted by atomic mass is 10.2. The molecule has 0 atom stereocenters. The van der Waals surface area contributed by atoms with Gasteiger partial charge in [-0.1, -0.05) is 11.6 Å². The second-order valence-corrected chi connectivity index (χ2v) is 7.22. The molecule has 34 heavy (non-hydrogen) atoms. The molecule has 0 aliphatic heterocycles. The topological polar surface area (TPSA) is 95.5 Å². The summed E-state index contributed by atoms with van der Waals surface area (Å²) in [5, 5.41) is 4.12. The lowest BCUT2D eigenvalue weighted by Gasteiger charge is -2.13. The van der Waals surface area contributed by atoms with E-state index in [4.69, 9.17) is 30.5 Å². The zero-order chi connectivity index (χ0) is 24.5. The summed E-state index contributed by atoms with van der Waals surface area (Å²) in [6.07, 6.45) is 1.41. The summed E-state index contributed by atoms with van der Waals surface area (Å²) >= 11 is 6.38. The largest absolute Gasteiger partial charge is 0.497 e. The van der Waals surface area contributed by atoms with E-state index in [0.717, 1.165) is 0 Å². The molecule has 0 radical (unpaired) electrons. The van der Waals surface area contributed by atoms with E-state index in [-0.39, 0.29) is 22.4 Å². The molecule has 0 aliphatic rings. The second kappa shape index (κ2) is 11.7. The minimum absolute atomic E-state index is 0.0868. The Bertz CT molecular complexity index is 1180. The van der Waals surface area contributed by atoms with Gasteiger partial charge in [-0.25, -0.2) is 10.2 Å². The highest BCUT2D eigenvalue weighted by atomic mass is 35.5. The number of nitrogens with zero attached hydrogens (tertiary/aromatic N) is 1. The minimum Gasteiger partial charge on any atom is -0.497 e. The highest BCUT2D eigenvalue weighted by molar-refractivity contribution is 6.32. The fourth-order valence-electron chi connectivity index (χ4n) is 2.88. The first-order valence-electron chi connectivity index (χ1n) is 10.2. The molecule has 0 aromatic heterocycles. The third-order valence-corrected chi connectivity index (χ3v) is 4.86. The number of hydrogen-bond acceptors (Lipinski definition) is 7. The van der Waals surface area contributed by atoms with Gasteiger partial charge in [0.1, 0.15) is 11.5 Å². The van der Waals surface area contributed by atoms with Gasteiger partial charge < -0.3 is 18.9 Å². The average Bonchev–Trinajstić information content (AvgIpc) is 2.86. The Hall–Kier alpha value is -4.04. The van der Waals surface area contributed by atoms with Crippen LogP contribution in [0, 0.1) is 0 Å². The predicted molar refractivity (Wildman–Crippen MR) is 129 cm³/mol. The third kappa shape index (κ3) is 6.26. The number of hydrogen-bond donors (Lipinski definition) is 1. The molecule has 9 heteroatoms. The Balaban J connectivity index is 1.74. The fourth-order valence-corrected chi connectivity index (χ4v) is 3.13. The first kappa shape index (κ1) is 24.6. The molecule has 0 unspecified atom stereocenters. The molecular weight excluding hydrogens is 460 g/mol. The number of nitrogens with one attached hydrogen (secondary N) is 1. The Morgan fingerprint density at radius 1 is 0.941 bits per heavy atom. The molecule has 3 aromatic carbocycles. The molecule has 0 aliphatic carbocycles. The molecule has 0 bridgehead atoms. The molecule has 0 fully saturated rings. The van der Waals surface area contributed by atoms with Crippen LogP contribution in [0.4, 0.5) is 0 Å². The van der Waals surface area contributed by atoms with E-state index in [2.05, 4.69) is 10.5 Å². The number of carbonyl (C=O) groups excluding carboxylic acids is 2. The molecule has 176 valence electrons. The molecule has 3 rings (SSSR count). The Labute approximate surface area is 202 Å². The van der Waals surface area contributed by atoms with Crippen LogP contribution >= 0.6 is 11.6 Å². The van der Waals surface area contributed by atoms with E-state index in [1.54, 1.807) is 74.7 Å². The van der Waals surface area contributed by atoms with Crippen LogP contribution in [0.5, 0.6) is 23.0 Å². The fraction of sp³-hybridized carbons (Fsp3) is 0.160. The van der Waals surface area contributed by atoms with Crippen LogP contribution < -0.4 is 24.4 Å². The van der Waals surface area contributed by atoms with Gasteiger partial charge in [0.2, 0.25) is 0 Å². The summed E-state index contributed by atoms with van der Waals surface area (Å²) in [4.78, 5) is 24.8. The number of esters is 1. The zero-order valence-corrected chi connectivity index (χ0v) is 19.6. The van der Waals surface area contributed by atoms with Crippen molar-refractivity contribution >= 4 is 29.7 Å². The van der Waals surface area contributed by atoms with E-state index in [1.165, 1.54) is 13.3 Å². The second-order valence-electron chi connectivity index (χ2n) is 6.81. The number of ether oxygens (including phenoxy) is 4. The highest BCUT2D eigenvalue weighted by Crippen LogP contribution is 2.37. The van der Waals surface area contributed by atoms with Crippen LogP contribution in [0.15, 0.2) is 65.8 Å². The molecule has 0 spiro atoms. The number of carbonyl (C=O) groups is 2. The maximum absolute atomic E-state index is 12.6. The molecule has 0 heterocycles. The quantitative estimate of drug-likeness (QED) is 0.205. The van der Waals surface area contributed by atoms with Crippen molar-refractivity contribution in [2.45, 2.75) is 6.92 Å². The van der Waals surface area contributed by atoms with Crippen LogP contribution in [0.2, 0.25) is 5.02 Å². The van der Waals surface area contributed by atoms with Gasteiger partial charge in [0, 0.05) is 5.56 Å². The van der Waals surface area contributed by atoms with Crippen molar-refractivity contribution < 1.29 is 28.5 Å². The highest BCUT2D eigenvalue weighted by Gasteiger charge is 2.17. The number of halogens is 1. The summed E-state index contributed by atoms with van der Waals surface area (Å²) in [5.41, 5.74) is 3.73. The molecular formula is C25H23ClN2O6. The van der Waals surface area contributed by atoms with Gasteiger partial charge in [-0.2, -0.15) is 5.10 Å². The van der Waals surface area contributed by atoms with Crippen molar-refractivity contribution in [3.05, 3.63) is 82.4 Å². The van der Waals surface area contributed by atoms with Gasteiger partial charge in [-0.15, -0.1) is 0 Å². The molecule has 0 saturated carbocycles. The molecule has 8 nitrogen and oxygen atoms in total. The maximum atomic E-state index is 12.6. The Morgan fingerprint density at radius 2 is 1.53 bits per heavy atom. The monoisotopic (exact) mass is 482 g/mol. The van der Waals surface area contributed by atoms with Gasteiger partial charge in [-0.05, 0) is 73.2 Å². The lowest BCUT2D eigenvalue weighted by molar-refractivity contribution is 0.0728. The zero-order valence-electron chi connectivity index (χ0n) is 18.8. The van der Waals surface area contributed by atoms with Gasteiger partial charge in [0.25, 0.3) is 5.91 Å². The Kier molecular flexibility index (Phi) is 8.48.